The van der Waals surface area contributed by atoms with Crippen LogP contribution in [0.3, 0.4) is 0 Å². The SMILES string of the molecule is CCCCCNC(=O)C(=O)NCc1ccc(OCC)cc1. The highest BCUT2D eigenvalue weighted by Gasteiger charge is 2.11. The molecule has 5 nitrogen and oxygen atoms in total. The van der Waals surface area contributed by atoms with Crippen LogP contribution in [0.25, 0.3) is 0 Å². The van der Waals surface area contributed by atoms with Crippen LogP contribution >= 0.6 is 0 Å². The van der Waals surface area contributed by atoms with Gasteiger partial charge in [-0.25, -0.2) is 0 Å². The second kappa shape index (κ2) is 9.80. The van der Waals surface area contributed by atoms with Gasteiger partial charge in [0.2, 0.25) is 0 Å². The number of ether oxygens (including phenoxy) is 1. The molecule has 0 aliphatic carbocycles. The molecule has 21 heavy (non-hydrogen) atoms. The Morgan fingerprint density at radius 1 is 1.00 bits per heavy atom. The normalized spacial score (nSPS) is 10.0. The maximum Gasteiger partial charge on any atom is 0.309 e. The van der Waals surface area contributed by atoms with Crippen molar-refractivity contribution in [3.8, 4) is 5.75 Å². The zero-order chi connectivity index (χ0) is 15.5. The lowest BCUT2D eigenvalue weighted by Gasteiger charge is -2.07. The Kier molecular flexibility index (Phi) is 7.94. The van der Waals surface area contributed by atoms with Crippen molar-refractivity contribution in [1.82, 2.24) is 10.6 Å². The minimum absolute atomic E-state index is 0.327. The fourth-order valence-corrected chi connectivity index (χ4v) is 1.79. The van der Waals surface area contributed by atoms with E-state index in [1.165, 1.54) is 0 Å². The molecule has 2 N–H and O–H groups in total. The fraction of sp³-hybridized carbons (Fsp3) is 0.500. The van der Waals surface area contributed by atoms with Gasteiger partial charge in [0.05, 0.1) is 6.61 Å². The number of hydrogen-bond donors (Lipinski definition) is 2. The van der Waals surface area contributed by atoms with Crippen LogP contribution in [-0.2, 0) is 16.1 Å². The number of rotatable bonds is 8. The van der Waals surface area contributed by atoms with Gasteiger partial charge in [-0.3, -0.25) is 9.59 Å². The van der Waals surface area contributed by atoms with Gasteiger partial charge in [0.15, 0.2) is 0 Å². The topological polar surface area (TPSA) is 67.4 Å². The number of benzene rings is 1. The van der Waals surface area contributed by atoms with Gasteiger partial charge in [0.25, 0.3) is 0 Å². The van der Waals surface area contributed by atoms with Crippen LogP contribution in [-0.4, -0.2) is 25.0 Å². The molecule has 0 aliphatic rings. The standard InChI is InChI=1S/C16H24N2O3/c1-3-5-6-11-17-15(19)16(20)18-12-13-7-9-14(10-8-13)21-4-2/h7-10H,3-6,11-12H2,1-2H3,(H,17,19)(H,18,20). The molecule has 0 unspecified atom stereocenters. The summed E-state index contributed by atoms with van der Waals surface area (Å²) in [6.07, 6.45) is 3.03. The maximum atomic E-state index is 11.6. The minimum Gasteiger partial charge on any atom is -0.494 e. The zero-order valence-electron chi connectivity index (χ0n) is 12.8. The average molecular weight is 292 g/mol. The lowest BCUT2D eigenvalue weighted by atomic mass is 10.2. The van der Waals surface area contributed by atoms with Gasteiger partial charge in [-0.05, 0) is 31.0 Å². The second-order valence-electron chi connectivity index (χ2n) is 4.72. The Morgan fingerprint density at radius 3 is 2.29 bits per heavy atom. The molecule has 0 atom stereocenters. The third-order valence-corrected chi connectivity index (χ3v) is 2.96. The molecule has 0 fully saturated rings. The van der Waals surface area contributed by atoms with Crippen LogP contribution in [0.4, 0.5) is 0 Å². The first kappa shape index (κ1) is 17.0. The van der Waals surface area contributed by atoms with Gasteiger partial charge in [0.1, 0.15) is 5.75 Å². The lowest BCUT2D eigenvalue weighted by Crippen LogP contribution is -2.39. The fourth-order valence-electron chi connectivity index (χ4n) is 1.79. The molecule has 1 aromatic carbocycles. The van der Waals surface area contributed by atoms with Crippen molar-refractivity contribution in [2.75, 3.05) is 13.2 Å². The van der Waals surface area contributed by atoms with Gasteiger partial charge < -0.3 is 15.4 Å². The first-order chi connectivity index (χ1) is 10.2. The molecule has 0 aliphatic heterocycles. The van der Waals surface area contributed by atoms with Gasteiger partial charge in [-0.2, -0.15) is 0 Å². The van der Waals surface area contributed by atoms with Crippen molar-refractivity contribution in [2.45, 2.75) is 39.7 Å². The number of carbonyl (C=O) groups excluding carboxylic acids is 2. The van der Waals surface area contributed by atoms with E-state index in [4.69, 9.17) is 4.74 Å². The molecule has 0 saturated heterocycles. The third kappa shape index (κ3) is 6.79. The molecule has 0 saturated carbocycles. The third-order valence-electron chi connectivity index (χ3n) is 2.96. The van der Waals surface area contributed by atoms with Crippen LogP contribution in [0, 0.1) is 0 Å². The van der Waals surface area contributed by atoms with Crippen LogP contribution in [0.5, 0.6) is 5.75 Å². The Morgan fingerprint density at radius 2 is 1.67 bits per heavy atom. The van der Waals surface area contributed by atoms with E-state index in [1.54, 1.807) is 0 Å². The number of carbonyl (C=O) groups is 2. The molecule has 0 spiro atoms. The molecule has 2 amide bonds. The molecular weight excluding hydrogens is 268 g/mol. The van der Waals surface area contributed by atoms with Crippen LogP contribution in [0.2, 0.25) is 0 Å². The Bertz CT molecular complexity index is 443. The van der Waals surface area contributed by atoms with Crippen LogP contribution in [0.1, 0.15) is 38.7 Å². The average Bonchev–Trinajstić information content (AvgIpc) is 2.50. The first-order valence-corrected chi connectivity index (χ1v) is 7.45. The summed E-state index contributed by atoms with van der Waals surface area (Å²) in [7, 11) is 0. The quantitative estimate of drug-likeness (QED) is 0.569. The van der Waals surface area contributed by atoms with Crippen molar-refractivity contribution >= 4 is 11.8 Å². The van der Waals surface area contributed by atoms with E-state index < -0.39 is 11.8 Å². The van der Waals surface area contributed by atoms with Crippen LogP contribution < -0.4 is 15.4 Å². The number of hydrogen-bond acceptors (Lipinski definition) is 3. The van der Waals surface area contributed by atoms with Crippen LogP contribution in [0.15, 0.2) is 24.3 Å². The highest BCUT2D eigenvalue weighted by molar-refractivity contribution is 6.35. The van der Waals surface area contributed by atoms with Gasteiger partial charge in [0, 0.05) is 13.1 Å². The van der Waals surface area contributed by atoms with Crippen molar-refractivity contribution in [1.29, 1.82) is 0 Å². The van der Waals surface area contributed by atoms with E-state index in [0.29, 0.717) is 19.7 Å². The molecule has 0 radical (unpaired) electrons. The largest absolute Gasteiger partial charge is 0.494 e. The summed E-state index contributed by atoms with van der Waals surface area (Å²) in [5.74, 6) is -0.376. The summed E-state index contributed by atoms with van der Waals surface area (Å²) in [6.45, 7) is 5.50. The highest BCUT2D eigenvalue weighted by Crippen LogP contribution is 2.11. The lowest BCUT2D eigenvalue weighted by molar-refractivity contribution is -0.139. The van der Waals surface area contributed by atoms with E-state index in [1.807, 2.05) is 31.2 Å². The Labute approximate surface area is 126 Å². The Balaban J connectivity index is 2.29. The van der Waals surface area contributed by atoms with Gasteiger partial charge in [-0.1, -0.05) is 31.9 Å². The number of amides is 2. The summed E-state index contributed by atoms with van der Waals surface area (Å²) in [5, 5.41) is 5.21. The molecule has 116 valence electrons. The van der Waals surface area contributed by atoms with E-state index in [9.17, 15) is 9.59 Å². The smallest absolute Gasteiger partial charge is 0.309 e. The van der Waals surface area contributed by atoms with Crippen molar-refractivity contribution in [3.05, 3.63) is 29.8 Å². The summed E-state index contributed by atoms with van der Waals surface area (Å²) in [6, 6.07) is 7.42. The minimum atomic E-state index is -0.597. The van der Waals surface area contributed by atoms with E-state index >= 15 is 0 Å². The van der Waals surface area contributed by atoms with Gasteiger partial charge >= 0.3 is 11.8 Å². The van der Waals surface area contributed by atoms with Crippen molar-refractivity contribution < 1.29 is 14.3 Å². The predicted molar refractivity (Wildman–Crippen MR) is 82.0 cm³/mol. The summed E-state index contributed by atoms with van der Waals surface area (Å²) >= 11 is 0. The number of nitrogens with one attached hydrogen (secondary N) is 2. The molecule has 1 aromatic rings. The maximum absolute atomic E-state index is 11.6. The second-order valence-corrected chi connectivity index (χ2v) is 4.72. The predicted octanol–water partition coefficient (Wildman–Crippen LogP) is 2.01. The summed E-state index contributed by atoms with van der Waals surface area (Å²) < 4.78 is 5.34. The molecule has 1 rings (SSSR count). The van der Waals surface area contributed by atoms with E-state index in [0.717, 1.165) is 30.6 Å². The van der Waals surface area contributed by atoms with Crippen molar-refractivity contribution in [3.63, 3.8) is 0 Å². The van der Waals surface area contributed by atoms with E-state index in [-0.39, 0.29) is 0 Å². The van der Waals surface area contributed by atoms with Crippen molar-refractivity contribution in [2.24, 2.45) is 0 Å². The molecule has 5 heteroatoms. The zero-order valence-corrected chi connectivity index (χ0v) is 12.8. The Hall–Kier alpha value is -2.04. The molecule has 0 aromatic heterocycles. The first-order valence-electron chi connectivity index (χ1n) is 7.45. The number of unbranched alkanes of at least 4 members (excludes halogenated alkanes) is 2. The molecule has 0 bridgehead atoms. The molecular formula is C16H24N2O3. The monoisotopic (exact) mass is 292 g/mol. The summed E-state index contributed by atoms with van der Waals surface area (Å²) in [5.41, 5.74) is 0.922. The highest BCUT2D eigenvalue weighted by atomic mass is 16.5. The van der Waals surface area contributed by atoms with Gasteiger partial charge in [-0.15, -0.1) is 0 Å². The van der Waals surface area contributed by atoms with E-state index in [2.05, 4.69) is 17.6 Å². The molecule has 0 heterocycles. The summed E-state index contributed by atoms with van der Waals surface area (Å²) in [4.78, 5) is 23.1.